The van der Waals surface area contributed by atoms with Gasteiger partial charge in [0.2, 0.25) is 0 Å². The molecule has 1 atom stereocenters. The van der Waals surface area contributed by atoms with E-state index in [4.69, 9.17) is 4.74 Å². The van der Waals surface area contributed by atoms with Gasteiger partial charge in [-0.3, -0.25) is 9.67 Å². The van der Waals surface area contributed by atoms with Gasteiger partial charge in [-0.2, -0.15) is 5.10 Å². The van der Waals surface area contributed by atoms with Crippen LogP contribution in [0.5, 0.6) is 0 Å². The van der Waals surface area contributed by atoms with Crippen LogP contribution in [0.1, 0.15) is 30.8 Å². The van der Waals surface area contributed by atoms with Crippen molar-refractivity contribution in [2.24, 2.45) is 12.0 Å². The van der Waals surface area contributed by atoms with Crippen molar-refractivity contribution in [1.29, 1.82) is 0 Å². The van der Waals surface area contributed by atoms with E-state index in [1.807, 2.05) is 11.7 Å². The van der Waals surface area contributed by atoms with Crippen LogP contribution >= 0.6 is 24.0 Å². The van der Waals surface area contributed by atoms with Crippen molar-refractivity contribution >= 4 is 29.9 Å². The number of nitrogens with zero attached hydrogens (tertiary/aromatic N) is 3. The van der Waals surface area contributed by atoms with Gasteiger partial charge in [0.25, 0.3) is 0 Å². The molecule has 0 fully saturated rings. The topological polar surface area (TPSA) is 63.5 Å². The van der Waals surface area contributed by atoms with Crippen molar-refractivity contribution in [2.45, 2.75) is 40.2 Å². The van der Waals surface area contributed by atoms with Gasteiger partial charge in [0.05, 0.1) is 18.8 Å². The largest absolute Gasteiger partial charge is 0.383 e. The van der Waals surface area contributed by atoms with Crippen LogP contribution in [0.3, 0.4) is 0 Å². The van der Waals surface area contributed by atoms with Crippen LogP contribution < -0.4 is 10.6 Å². The van der Waals surface area contributed by atoms with Gasteiger partial charge < -0.3 is 15.4 Å². The summed E-state index contributed by atoms with van der Waals surface area (Å²) >= 11 is 0. The minimum absolute atomic E-state index is 0. The Morgan fingerprint density at radius 1 is 1.41 bits per heavy atom. The van der Waals surface area contributed by atoms with Crippen molar-refractivity contribution in [1.82, 2.24) is 20.4 Å². The number of halogens is 1. The van der Waals surface area contributed by atoms with E-state index in [1.165, 1.54) is 11.3 Å². The predicted molar refractivity (Wildman–Crippen MR) is 102 cm³/mol. The summed E-state index contributed by atoms with van der Waals surface area (Å²) in [4.78, 5) is 4.48. The lowest BCUT2D eigenvalue weighted by molar-refractivity contribution is 0.208. The molecular formula is C15H30IN5O. The van der Waals surface area contributed by atoms with Crippen LogP contribution in [0.25, 0.3) is 0 Å². The Balaban J connectivity index is 0.00000441. The summed E-state index contributed by atoms with van der Waals surface area (Å²) in [6.07, 6.45) is 0.931. The number of aromatic nitrogens is 2. The van der Waals surface area contributed by atoms with Gasteiger partial charge in [-0.15, -0.1) is 24.0 Å². The first-order chi connectivity index (χ1) is 9.99. The fourth-order valence-corrected chi connectivity index (χ4v) is 2.27. The molecule has 1 aromatic heterocycles. The molecule has 0 aliphatic heterocycles. The fraction of sp³-hybridized carbons (Fsp3) is 0.733. The Morgan fingerprint density at radius 3 is 2.59 bits per heavy atom. The molecule has 0 aliphatic carbocycles. The lowest BCUT2D eigenvalue weighted by atomic mass is 10.1. The van der Waals surface area contributed by atoms with Gasteiger partial charge in [-0.25, -0.2) is 0 Å². The van der Waals surface area contributed by atoms with Gasteiger partial charge in [0.15, 0.2) is 5.96 Å². The zero-order valence-corrected chi connectivity index (χ0v) is 16.9. The summed E-state index contributed by atoms with van der Waals surface area (Å²) in [6, 6.07) is 0.284. The molecule has 2 N–H and O–H groups in total. The second kappa shape index (κ2) is 10.8. The summed E-state index contributed by atoms with van der Waals surface area (Å²) < 4.78 is 6.97. The summed E-state index contributed by atoms with van der Waals surface area (Å²) in [5.74, 6) is 0.834. The van der Waals surface area contributed by atoms with E-state index >= 15 is 0 Å². The van der Waals surface area contributed by atoms with Gasteiger partial charge in [-0.05, 0) is 39.7 Å². The number of nitrogens with one attached hydrogen (secondary N) is 2. The highest BCUT2D eigenvalue weighted by Crippen LogP contribution is 2.14. The number of methoxy groups -OCH3 is 1. The Bertz CT molecular complexity index is 473. The molecule has 0 aromatic carbocycles. The van der Waals surface area contributed by atoms with Crippen LogP contribution in [0.2, 0.25) is 0 Å². The molecule has 128 valence electrons. The highest BCUT2D eigenvalue weighted by Gasteiger charge is 2.13. The molecular weight excluding hydrogens is 393 g/mol. The predicted octanol–water partition coefficient (Wildman–Crippen LogP) is 1.79. The van der Waals surface area contributed by atoms with Crippen molar-refractivity contribution in [3.63, 3.8) is 0 Å². The van der Waals surface area contributed by atoms with Crippen molar-refractivity contribution in [3.05, 3.63) is 17.0 Å². The van der Waals surface area contributed by atoms with Gasteiger partial charge in [0.1, 0.15) is 0 Å². The lowest BCUT2D eigenvalue weighted by Crippen LogP contribution is -2.43. The van der Waals surface area contributed by atoms with E-state index in [-0.39, 0.29) is 30.0 Å². The van der Waals surface area contributed by atoms with E-state index in [0.29, 0.717) is 13.2 Å². The quantitative estimate of drug-likeness (QED) is 0.304. The second-order valence-electron chi connectivity index (χ2n) is 5.28. The molecule has 1 aromatic rings. The number of hydrogen-bond acceptors (Lipinski definition) is 3. The summed E-state index contributed by atoms with van der Waals surface area (Å²) in [7, 11) is 3.67. The third kappa shape index (κ3) is 6.51. The minimum atomic E-state index is 0. The third-order valence-electron chi connectivity index (χ3n) is 3.46. The molecule has 0 saturated carbocycles. The molecule has 0 radical (unpaired) electrons. The van der Waals surface area contributed by atoms with Crippen LogP contribution in [0, 0.1) is 13.8 Å². The molecule has 0 spiro atoms. The first kappa shape index (κ1) is 21.2. The monoisotopic (exact) mass is 423 g/mol. The number of aliphatic imine (C=N–C) groups is 1. The van der Waals surface area contributed by atoms with Gasteiger partial charge in [-0.1, -0.05) is 0 Å². The molecule has 1 unspecified atom stereocenters. The molecule has 0 saturated heterocycles. The van der Waals surface area contributed by atoms with Crippen LogP contribution in [-0.2, 0) is 18.2 Å². The Kier molecular flexibility index (Phi) is 10.4. The van der Waals surface area contributed by atoms with Crippen LogP contribution in [0.4, 0.5) is 0 Å². The number of ether oxygens (including phenoxy) is 1. The number of hydrogen-bond donors (Lipinski definition) is 2. The molecule has 0 amide bonds. The Morgan fingerprint density at radius 2 is 2.09 bits per heavy atom. The number of rotatable bonds is 7. The van der Waals surface area contributed by atoms with E-state index < -0.39 is 0 Å². The summed E-state index contributed by atoms with van der Waals surface area (Å²) in [5.41, 5.74) is 3.64. The smallest absolute Gasteiger partial charge is 0.191 e. The highest BCUT2D eigenvalue weighted by atomic mass is 127. The van der Waals surface area contributed by atoms with Crippen molar-refractivity contribution < 1.29 is 4.74 Å². The molecule has 22 heavy (non-hydrogen) atoms. The molecule has 0 bridgehead atoms. The molecule has 6 nitrogen and oxygen atoms in total. The van der Waals surface area contributed by atoms with E-state index in [2.05, 4.69) is 48.4 Å². The van der Waals surface area contributed by atoms with Gasteiger partial charge in [0, 0.05) is 32.4 Å². The fourth-order valence-electron chi connectivity index (χ4n) is 2.27. The lowest BCUT2D eigenvalue weighted by Gasteiger charge is -2.18. The second-order valence-corrected chi connectivity index (χ2v) is 5.28. The van der Waals surface area contributed by atoms with E-state index in [1.54, 1.807) is 7.11 Å². The summed E-state index contributed by atoms with van der Waals surface area (Å²) in [6.45, 7) is 10.5. The Labute approximate surface area is 151 Å². The van der Waals surface area contributed by atoms with Crippen molar-refractivity contribution in [2.75, 3.05) is 26.8 Å². The summed E-state index contributed by atoms with van der Waals surface area (Å²) in [5, 5.41) is 11.2. The molecule has 0 aliphatic rings. The highest BCUT2D eigenvalue weighted by molar-refractivity contribution is 14.0. The molecule has 1 rings (SSSR count). The molecule has 7 heteroatoms. The first-order valence-electron chi connectivity index (χ1n) is 7.52. The van der Waals surface area contributed by atoms with Crippen LogP contribution in [-0.4, -0.2) is 48.6 Å². The maximum absolute atomic E-state index is 5.03. The van der Waals surface area contributed by atoms with Crippen LogP contribution in [0.15, 0.2) is 4.99 Å². The van der Waals surface area contributed by atoms with Crippen molar-refractivity contribution in [3.8, 4) is 0 Å². The first-order valence-corrected chi connectivity index (χ1v) is 7.52. The van der Waals surface area contributed by atoms with E-state index in [0.717, 1.165) is 24.6 Å². The normalized spacial score (nSPS) is 12.7. The number of aryl methyl sites for hydroxylation is 2. The minimum Gasteiger partial charge on any atom is -0.383 e. The Hall–Kier alpha value is -0.830. The maximum Gasteiger partial charge on any atom is 0.191 e. The average molecular weight is 423 g/mol. The number of guanidine groups is 1. The standard InChI is InChI=1S/C15H29N5O.HI/c1-7-16-15(17-8-9-21-6)18-11(2)10-14-12(3)19-20(5)13(14)4;/h11H,7-10H2,1-6H3,(H2,16,17,18);1H. The zero-order valence-electron chi connectivity index (χ0n) is 14.6. The average Bonchev–Trinajstić information content (AvgIpc) is 2.66. The zero-order chi connectivity index (χ0) is 15.8. The SMILES string of the molecule is CCNC(=NCCOC)NC(C)Cc1c(C)nn(C)c1C.I. The molecule has 1 heterocycles. The van der Waals surface area contributed by atoms with E-state index in [9.17, 15) is 0 Å². The van der Waals surface area contributed by atoms with Gasteiger partial charge >= 0.3 is 0 Å². The maximum atomic E-state index is 5.03. The third-order valence-corrected chi connectivity index (χ3v) is 3.46.